The van der Waals surface area contributed by atoms with Gasteiger partial charge in [-0.15, -0.1) is 29.9 Å². The number of rotatable bonds is 6. The van der Waals surface area contributed by atoms with E-state index in [0.717, 1.165) is 5.69 Å². The number of hydrogen-bond donors (Lipinski definition) is 3. The van der Waals surface area contributed by atoms with Crippen LogP contribution in [0.25, 0.3) is 0 Å². The summed E-state index contributed by atoms with van der Waals surface area (Å²) in [5.41, 5.74) is 1.22. The first-order valence-electron chi connectivity index (χ1n) is 10.3. The molecule has 2 aliphatic rings. The Bertz CT molecular complexity index is 1010. The molecule has 1 aromatic heterocycles. The Labute approximate surface area is 205 Å². The number of carbonyl (C=O) groups is 1. The average Bonchev–Trinajstić information content (AvgIpc) is 3.30. The molecule has 1 saturated heterocycles. The van der Waals surface area contributed by atoms with Crippen molar-refractivity contribution in [2.75, 3.05) is 24.6 Å². The molecule has 1 aliphatic heterocycles. The van der Waals surface area contributed by atoms with Crippen LogP contribution >= 0.6 is 24.8 Å². The number of aromatic nitrogens is 3. The topological polar surface area (TPSA) is 138 Å². The van der Waals surface area contributed by atoms with Gasteiger partial charge in [-0.25, -0.2) is 8.42 Å². The van der Waals surface area contributed by atoms with Crippen molar-refractivity contribution in [1.82, 2.24) is 25.2 Å². The second kappa shape index (κ2) is 11.6. The van der Waals surface area contributed by atoms with E-state index in [0.29, 0.717) is 38.2 Å². The van der Waals surface area contributed by atoms with Gasteiger partial charge in [0.05, 0.1) is 29.3 Å². The number of hydrogen-bond acceptors (Lipinski definition) is 8. The number of benzene rings is 1. The van der Waals surface area contributed by atoms with Gasteiger partial charge in [0, 0.05) is 43.9 Å². The van der Waals surface area contributed by atoms with Crippen molar-refractivity contribution in [2.45, 2.75) is 37.8 Å². The molecule has 2 heterocycles. The minimum absolute atomic E-state index is 0. The summed E-state index contributed by atoms with van der Waals surface area (Å²) in [6.45, 7) is 1.83. The molecule has 1 saturated carbocycles. The number of nitrogens with one attached hydrogen (secondary N) is 1. The van der Waals surface area contributed by atoms with E-state index in [1.54, 1.807) is 35.1 Å². The molecule has 4 atom stereocenters. The summed E-state index contributed by atoms with van der Waals surface area (Å²) < 4.78 is 24.7. The quantitative estimate of drug-likeness (QED) is 0.478. The van der Waals surface area contributed by atoms with Gasteiger partial charge in [0.2, 0.25) is 0 Å². The minimum atomic E-state index is -2.93. The van der Waals surface area contributed by atoms with Gasteiger partial charge < -0.3 is 15.5 Å². The van der Waals surface area contributed by atoms with Crippen molar-refractivity contribution < 1.29 is 23.4 Å². The molecule has 4 rings (SSSR count). The molecule has 13 heteroatoms. The van der Waals surface area contributed by atoms with Gasteiger partial charge in [0.1, 0.15) is 6.10 Å². The van der Waals surface area contributed by atoms with E-state index in [4.69, 9.17) is 0 Å². The van der Waals surface area contributed by atoms with E-state index in [1.807, 2.05) is 11.0 Å². The zero-order valence-electron chi connectivity index (χ0n) is 17.9. The summed E-state index contributed by atoms with van der Waals surface area (Å²) in [5.74, 6) is -0.262. The van der Waals surface area contributed by atoms with E-state index >= 15 is 0 Å². The standard InChI is InChI=1S/C20H27N5O5S.2ClH/c26-18-15(10-17(19(18)27)21-20(28)14-4-2-1-3-5-14)11-25-13-16(22-23-25)12-24-6-8-31(29,30)9-7-24;;/h1-5,13,15,17-19,26-27H,6-12H2,(H,21,28);2*1H/t15-,17-,18-,19+;;/m1../s1. The van der Waals surface area contributed by atoms with Crippen molar-refractivity contribution >= 4 is 40.6 Å². The highest BCUT2D eigenvalue weighted by atomic mass is 35.5. The largest absolute Gasteiger partial charge is 0.390 e. The number of nitrogens with zero attached hydrogens (tertiary/aromatic N) is 4. The lowest BCUT2D eigenvalue weighted by Gasteiger charge is -2.25. The normalized spacial score (nSPS) is 26.7. The van der Waals surface area contributed by atoms with Gasteiger partial charge in [0.15, 0.2) is 9.84 Å². The van der Waals surface area contributed by atoms with Crippen LogP contribution in [0.1, 0.15) is 22.5 Å². The molecule has 0 spiro atoms. The van der Waals surface area contributed by atoms with E-state index in [-0.39, 0.29) is 48.1 Å². The van der Waals surface area contributed by atoms with Crippen LogP contribution in [0.3, 0.4) is 0 Å². The van der Waals surface area contributed by atoms with Crippen molar-refractivity contribution in [3.63, 3.8) is 0 Å². The van der Waals surface area contributed by atoms with Crippen molar-refractivity contribution in [1.29, 1.82) is 0 Å². The fraction of sp³-hybridized carbons (Fsp3) is 0.550. The van der Waals surface area contributed by atoms with Crippen LogP contribution in [0.15, 0.2) is 36.5 Å². The van der Waals surface area contributed by atoms with Crippen molar-refractivity contribution in [3.8, 4) is 0 Å². The fourth-order valence-electron chi connectivity index (χ4n) is 4.17. The summed E-state index contributed by atoms with van der Waals surface area (Å²) in [4.78, 5) is 14.4. The van der Waals surface area contributed by atoms with E-state index < -0.39 is 28.1 Å². The molecule has 0 radical (unpaired) electrons. The molecule has 1 aliphatic carbocycles. The summed E-state index contributed by atoms with van der Waals surface area (Å²) in [6.07, 6.45) is 0.148. The number of halogens is 2. The van der Waals surface area contributed by atoms with Crippen LogP contribution in [0.4, 0.5) is 0 Å². The first-order valence-corrected chi connectivity index (χ1v) is 12.2. The lowest BCUT2D eigenvalue weighted by atomic mass is 10.1. The predicted molar refractivity (Wildman–Crippen MR) is 126 cm³/mol. The third-order valence-corrected chi connectivity index (χ3v) is 7.59. The number of aliphatic hydroxyl groups excluding tert-OH is 2. The third-order valence-electron chi connectivity index (χ3n) is 5.98. The molecule has 184 valence electrons. The second-order valence-corrected chi connectivity index (χ2v) is 10.6. The predicted octanol–water partition coefficient (Wildman–Crippen LogP) is -0.108. The zero-order chi connectivity index (χ0) is 22.0. The summed E-state index contributed by atoms with van der Waals surface area (Å²) in [7, 11) is -2.93. The molecule has 1 amide bonds. The summed E-state index contributed by atoms with van der Waals surface area (Å²) >= 11 is 0. The molecular formula is C20H29Cl2N5O5S. The molecule has 2 fully saturated rings. The Morgan fingerprint density at radius 1 is 1.09 bits per heavy atom. The SMILES string of the molecule is Cl.Cl.O=C(N[C@@H]1C[C@H](Cn2cc(CN3CCS(=O)(=O)CC3)nn2)[C@@H](O)[C@H]1O)c1ccccc1. The maximum atomic E-state index is 12.4. The average molecular weight is 522 g/mol. The van der Waals surface area contributed by atoms with Crippen LogP contribution in [0, 0.1) is 5.92 Å². The minimum Gasteiger partial charge on any atom is -0.390 e. The molecule has 0 unspecified atom stereocenters. The van der Waals surface area contributed by atoms with Crippen LogP contribution in [-0.4, -0.2) is 87.3 Å². The van der Waals surface area contributed by atoms with E-state index in [9.17, 15) is 23.4 Å². The van der Waals surface area contributed by atoms with Gasteiger partial charge in [0.25, 0.3) is 5.91 Å². The van der Waals surface area contributed by atoms with Gasteiger partial charge in [-0.2, -0.15) is 0 Å². The Balaban J connectivity index is 0.00000193. The maximum Gasteiger partial charge on any atom is 0.251 e. The monoisotopic (exact) mass is 521 g/mol. The lowest BCUT2D eigenvalue weighted by Crippen LogP contribution is -2.43. The van der Waals surface area contributed by atoms with Crippen molar-refractivity contribution in [2.24, 2.45) is 5.92 Å². The van der Waals surface area contributed by atoms with Crippen LogP contribution in [-0.2, 0) is 22.9 Å². The molecule has 33 heavy (non-hydrogen) atoms. The van der Waals surface area contributed by atoms with Crippen LogP contribution in [0.2, 0.25) is 0 Å². The number of aliphatic hydroxyl groups is 2. The molecule has 10 nitrogen and oxygen atoms in total. The molecule has 0 bridgehead atoms. The van der Waals surface area contributed by atoms with Gasteiger partial charge >= 0.3 is 0 Å². The molecule has 3 N–H and O–H groups in total. The zero-order valence-corrected chi connectivity index (χ0v) is 20.3. The Hall–Kier alpha value is -1.76. The van der Waals surface area contributed by atoms with E-state index in [2.05, 4.69) is 15.6 Å². The van der Waals surface area contributed by atoms with Gasteiger partial charge in [-0.05, 0) is 18.6 Å². The third kappa shape index (κ3) is 6.87. The Kier molecular flexibility index (Phi) is 9.65. The fourth-order valence-corrected chi connectivity index (χ4v) is 5.44. The highest BCUT2D eigenvalue weighted by molar-refractivity contribution is 7.91. The van der Waals surface area contributed by atoms with Gasteiger partial charge in [-0.3, -0.25) is 14.4 Å². The number of carbonyl (C=O) groups excluding carboxylic acids is 1. The first-order chi connectivity index (χ1) is 14.8. The second-order valence-electron chi connectivity index (χ2n) is 8.28. The Morgan fingerprint density at radius 3 is 2.42 bits per heavy atom. The highest BCUT2D eigenvalue weighted by Gasteiger charge is 2.42. The summed E-state index contributed by atoms with van der Waals surface area (Å²) in [6, 6.07) is 8.19. The molecule has 1 aromatic carbocycles. The van der Waals surface area contributed by atoms with Crippen LogP contribution in [0.5, 0.6) is 0 Å². The Morgan fingerprint density at radius 2 is 1.76 bits per heavy atom. The number of amides is 1. The molecule has 2 aromatic rings. The first kappa shape index (κ1) is 27.5. The number of sulfone groups is 1. The van der Waals surface area contributed by atoms with Gasteiger partial charge in [-0.1, -0.05) is 23.4 Å². The lowest BCUT2D eigenvalue weighted by molar-refractivity contribution is 0.00762. The molecular weight excluding hydrogens is 493 g/mol. The maximum absolute atomic E-state index is 12.4. The summed E-state index contributed by atoms with van der Waals surface area (Å²) in [5, 5.41) is 31.9. The van der Waals surface area contributed by atoms with Crippen LogP contribution < -0.4 is 5.32 Å². The smallest absolute Gasteiger partial charge is 0.251 e. The van der Waals surface area contributed by atoms with Crippen molar-refractivity contribution in [3.05, 3.63) is 47.8 Å². The van der Waals surface area contributed by atoms with E-state index in [1.165, 1.54) is 0 Å². The highest BCUT2D eigenvalue weighted by Crippen LogP contribution is 2.28.